The lowest BCUT2D eigenvalue weighted by molar-refractivity contribution is 0.0523. The Balaban J connectivity index is 2.28. The van der Waals surface area contributed by atoms with Gasteiger partial charge in [-0.3, -0.25) is 9.36 Å². The molecule has 0 fully saturated rings. The molecule has 0 aromatic carbocycles. The molecule has 0 N–H and O–H groups in total. The summed E-state index contributed by atoms with van der Waals surface area (Å²) in [5.74, 6) is 0.0132. The summed E-state index contributed by atoms with van der Waals surface area (Å²) < 4.78 is 11.7. The average molecular weight is 267 g/mol. The van der Waals surface area contributed by atoms with E-state index in [1.807, 2.05) is 6.92 Å². The Labute approximate surface area is 108 Å². The van der Waals surface area contributed by atoms with Crippen molar-refractivity contribution in [2.45, 2.75) is 20.4 Å². The van der Waals surface area contributed by atoms with E-state index < -0.39 is 5.97 Å². The highest BCUT2D eigenvalue weighted by Crippen LogP contribution is 2.14. The van der Waals surface area contributed by atoms with Gasteiger partial charge in [0.2, 0.25) is 0 Å². The maximum Gasteiger partial charge on any atom is 0.341 e. The number of aryl methyl sites for hydroxylation is 1. The van der Waals surface area contributed by atoms with Crippen LogP contribution in [-0.2, 0) is 11.3 Å². The summed E-state index contributed by atoms with van der Waals surface area (Å²) in [6.07, 6.45) is 1.42. The van der Waals surface area contributed by atoms with E-state index in [0.717, 1.165) is 17.0 Å². The Kier molecular flexibility index (Phi) is 3.66. The molecule has 0 unspecified atom stereocenters. The number of ether oxygens (including phenoxy) is 1. The molecule has 2 rings (SSSR count). The van der Waals surface area contributed by atoms with Crippen LogP contribution >= 0.6 is 11.3 Å². The third kappa shape index (κ3) is 2.38. The smallest absolute Gasteiger partial charge is 0.341 e. The van der Waals surface area contributed by atoms with Crippen LogP contribution < -0.4 is 4.87 Å². The quantitative estimate of drug-likeness (QED) is 0.795. The van der Waals surface area contributed by atoms with Crippen LogP contribution in [0, 0.1) is 6.92 Å². The summed E-state index contributed by atoms with van der Waals surface area (Å²) in [6, 6.07) is 1.56. The first kappa shape index (κ1) is 12.6. The van der Waals surface area contributed by atoms with Gasteiger partial charge < -0.3 is 9.15 Å². The Bertz CT molecular complexity index is 608. The first-order chi connectivity index (χ1) is 8.63. The summed E-state index contributed by atoms with van der Waals surface area (Å²) in [4.78, 5) is 23.2. The molecular formula is C12H13NO4S. The summed E-state index contributed by atoms with van der Waals surface area (Å²) in [5.41, 5.74) is 1.21. The van der Waals surface area contributed by atoms with Gasteiger partial charge in [0.15, 0.2) is 0 Å². The second-order valence-electron chi connectivity index (χ2n) is 3.71. The molecule has 6 heteroatoms. The standard InChI is InChI=1S/C12H13NO4S/c1-3-16-11(14)9-4-5-17-10(9)6-13-8(2)7-18-12(13)15/h4-5,7H,3,6H2,1-2H3. The summed E-state index contributed by atoms with van der Waals surface area (Å²) in [5, 5.41) is 1.77. The van der Waals surface area contributed by atoms with E-state index in [1.165, 1.54) is 6.26 Å². The topological polar surface area (TPSA) is 61.4 Å². The first-order valence-electron chi connectivity index (χ1n) is 5.52. The molecule has 0 saturated carbocycles. The zero-order chi connectivity index (χ0) is 13.1. The number of hydrogen-bond donors (Lipinski definition) is 0. The van der Waals surface area contributed by atoms with Gasteiger partial charge in [-0.15, -0.1) is 0 Å². The molecule has 2 aromatic heterocycles. The molecule has 96 valence electrons. The van der Waals surface area contributed by atoms with E-state index >= 15 is 0 Å². The zero-order valence-electron chi connectivity index (χ0n) is 10.1. The number of carbonyl (C=O) groups excluding carboxylic acids is 1. The predicted molar refractivity (Wildman–Crippen MR) is 67.1 cm³/mol. The Morgan fingerprint density at radius 2 is 2.33 bits per heavy atom. The van der Waals surface area contributed by atoms with Crippen LogP contribution in [0.1, 0.15) is 28.7 Å². The molecule has 0 spiro atoms. The number of thiazole rings is 1. The van der Waals surface area contributed by atoms with Crippen molar-refractivity contribution in [3.05, 3.63) is 44.4 Å². The van der Waals surface area contributed by atoms with Crippen molar-refractivity contribution in [3.63, 3.8) is 0 Å². The molecule has 0 amide bonds. The maximum atomic E-state index is 11.7. The number of esters is 1. The molecule has 0 aliphatic heterocycles. The van der Waals surface area contributed by atoms with Crippen molar-refractivity contribution in [1.29, 1.82) is 0 Å². The highest BCUT2D eigenvalue weighted by molar-refractivity contribution is 7.07. The Morgan fingerprint density at radius 3 is 2.94 bits per heavy atom. The SMILES string of the molecule is CCOC(=O)c1ccoc1Cn1c(C)csc1=O. The maximum absolute atomic E-state index is 11.7. The van der Waals surface area contributed by atoms with Gasteiger partial charge in [0.25, 0.3) is 0 Å². The van der Waals surface area contributed by atoms with Crippen LogP contribution in [0.15, 0.2) is 26.9 Å². The van der Waals surface area contributed by atoms with Crippen LogP contribution in [-0.4, -0.2) is 17.1 Å². The van der Waals surface area contributed by atoms with E-state index in [1.54, 1.807) is 22.9 Å². The summed E-state index contributed by atoms with van der Waals surface area (Å²) >= 11 is 1.13. The van der Waals surface area contributed by atoms with Gasteiger partial charge in [0, 0.05) is 11.1 Å². The monoisotopic (exact) mass is 267 g/mol. The molecule has 2 aromatic rings. The van der Waals surface area contributed by atoms with Crippen molar-refractivity contribution < 1.29 is 13.9 Å². The summed E-state index contributed by atoms with van der Waals surface area (Å²) in [7, 11) is 0. The highest BCUT2D eigenvalue weighted by Gasteiger charge is 2.17. The number of aromatic nitrogens is 1. The van der Waals surface area contributed by atoms with Crippen LogP contribution in [0.2, 0.25) is 0 Å². The van der Waals surface area contributed by atoms with Gasteiger partial charge in [-0.1, -0.05) is 11.3 Å². The van der Waals surface area contributed by atoms with E-state index in [2.05, 4.69) is 0 Å². The number of furan rings is 1. The number of hydrogen-bond acceptors (Lipinski definition) is 5. The molecule has 0 atom stereocenters. The van der Waals surface area contributed by atoms with E-state index in [9.17, 15) is 9.59 Å². The van der Waals surface area contributed by atoms with Crippen molar-refractivity contribution in [1.82, 2.24) is 4.57 Å². The second kappa shape index (κ2) is 5.22. The second-order valence-corrected chi connectivity index (χ2v) is 4.53. The first-order valence-corrected chi connectivity index (χ1v) is 6.40. The molecular weight excluding hydrogens is 254 g/mol. The molecule has 0 aliphatic rings. The lowest BCUT2D eigenvalue weighted by Gasteiger charge is -2.04. The number of rotatable bonds is 4. The van der Waals surface area contributed by atoms with Gasteiger partial charge in [-0.2, -0.15) is 0 Å². The average Bonchev–Trinajstić information content (AvgIpc) is 2.91. The lowest BCUT2D eigenvalue weighted by atomic mass is 10.2. The molecule has 18 heavy (non-hydrogen) atoms. The van der Waals surface area contributed by atoms with E-state index in [0.29, 0.717) is 17.9 Å². The molecule has 2 heterocycles. The zero-order valence-corrected chi connectivity index (χ0v) is 11.0. The number of carbonyl (C=O) groups is 1. The minimum Gasteiger partial charge on any atom is -0.467 e. The minimum absolute atomic E-state index is 0.0706. The van der Waals surface area contributed by atoms with Crippen molar-refractivity contribution in [3.8, 4) is 0 Å². The number of nitrogens with zero attached hydrogens (tertiary/aromatic N) is 1. The minimum atomic E-state index is -0.429. The largest absolute Gasteiger partial charge is 0.467 e. The summed E-state index contributed by atoms with van der Waals surface area (Å²) in [6.45, 7) is 4.13. The normalized spacial score (nSPS) is 10.6. The molecule has 0 radical (unpaired) electrons. The van der Waals surface area contributed by atoms with Gasteiger partial charge >= 0.3 is 10.8 Å². The molecule has 0 bridgehead atoms. The van der Waals surface area contributed by atoms with Crippen LogP contribution in [0.3, 0.4) is 0 Å². The van der Waals surface area contributed by atoms with Gasteiger partial charge in [-0.05, 0) is 19.9 Å². The lowest BCUT2D eigenvalue weighted by Crippen LogP contribution is -2.17. The third-order valence-corrected chi connectivity index (χ3v) is 3.40. The Morgan fingerprint density at radius 1 is 1.56 bits per heavy atom. The highest BCUT2D eigenvalue weighted by atomic mass is 32.1. The van der Waals surface area contributed by atoms with Gasteiger partial charge in [0.05, 0.1) is 19.4 Å². The fourth-order valence-corrected chi connectivity index (χ4v) is 2.33. The fourth-order valence-electron chi connectivity index (χ4n) is 1.59. The van der Waals surface area contributed by atoms with E-state index in [-0.39, 0.29) is 11.4 Å². The van der Waals surface area contributed by atoms with Crippen molar-refractivity contribution in [2.75, 3.05) is 6.61 Å². The third-order valence-electron chi connectivity index (χ3n) is 2.52. The van der Waals surface area contributed by atoms with Gasteiger partial charge in [-0.25, -0.2) is 4.79 Å². The molecule has 5 nitrogen and oxygen atoms in total. The van der Waals surface area contributed by atoms with Crippen LogP contribution in [0.5, 0.6) is 0 Å². The van der Waals surface area contributed by atoms with Crippen molar-refractivity contribution in [2.24, 2.45) is 0 Å². The van der Waals surface area contributed by atoms with Crippen molar-refractivity contribution >= 4 is 17.3 Å². The fraction of sp³-hybridized carbons (Fsp3) is 0.333. The molecule has 0 aliphatic carbocycles. The van der Waals surface area contributed by atoms with E-state index in [4.69, 9.17) is 9.15 Å². The predicted octanol–water partition coefficient (Wildman–Crippen LogP) is 2.04. The Hall–Kier alpha value is -1.82. The van der Waals surface area contributed by atoms with Crippen LogP contribution in [0.25, 0.3) is 0 Å². The molecule has 0 saturated heterocycles. The van der Waals surface area contributed by atoms with Gasteiger partial charge in [0.1, 0.15) is 11.3 Å². The van der Waals surface area contributed by atoms with Crippen LogP contribution in [0.4, 0.5) is 0 Å².